The molecule has 28 heavy (non-hydrogen) atoms. The van der Waals surface area contributed by atoms with Gasteiger partial charge in [-0.2, -0.15) is 0 Å². The Labute approximate surface area is 166 Å². The second-order valence-corrected chi connectivity index (χ2v) is 8.32. The highest BCUT2D eigenvalue weighted by Gasteiger charge is 2.22. The Balaban J connectivity index is 2.23. The van der Waals surface area contributed by atoms with E-state index in [9.17, 15) is 13.2 Å². The summed E-state index contributed by atoms with van der Waals surface area (Å²) in [6.07, 6.45) is 1.00. The van der Waals surface area contributed by atoms with Gasteiger partial charge in [-0.15, -0.1) is 0 Å². The fourth-order valence-electron chi connectivity index (χ4n) is 2.56. The third-order valence-corrected chi connectivity index (χ3v) is 4.77. The van der Waals surface area contributed by atoms with Crippen LogP contribution in [0.3, 0.4) is 0 Å². The van der Waals surface area contributed by atoms with Crippen LogP contribution in [0.1, 0.15) is 20.8 Å². The molecule has 0 aliphatic rings. The number of ether oxygens (including phenoxy) is 2. The van der Waals surface area contributed by atoms with Gasteiger partial charge in [-0.25, -0.2) is 8.42 Å². The molecule has 0 unspecified atom stereocenters. The van der Waals surface area contributed by atoms with E-state index in [1.807, 2.05) is 20.8 Å². The molecule has 0 atom stereocenters. The van der Waals surface area contributed by atoms with Crippen LogP contribution in [0.25, 0.3) is 0 Å². The minimum atomic E-state index is -3.69. The molecule has 152 valence electrons. The number of anilines is 2. The summed E-state index contributed by atoms with van der Waals surface area (Å²) in [4.78, 5) is 12.6. The zero-order valence-electron chi connectivity index (χ0n) is 16.5. The molecule has 0 spiro atoms. The lowest BCUT2D eigenvalue weighted by atomic mass is 10.2. The van der Waals surface area contributed by atoms with Crippen molar-refractivity contribution in [3.8, 4) is 11.5 Å². The third-order valence-electron chi connectivity index (χ3n) is 3.63. The standard InChI is InChI=1S/C20H26N2O5S/c1-5-26-19-12-7-6-11-18(19)21-20(23)14-22(28(4,24)25)16-9-8-10-17(13-16)27-15(2)3/h6-13,15H,5,14H2,1-4H3,(H,21,23). The summed E-state index contributed by atoms with van der Waals surface area (Å²) in [6, 6.07) is 13.6. The van der Waals surface area contributed by atoms with Gasteiger partial charge in [0.05, 0.1) is 30.3 Å². The van der Waals surface area contributed by atoms with Gasteiger partial charge < -0.3 is 14.8 Å². The highest BCUT2D eigenvalue weighted by molar-refractivity contribution is 7.92. The zero-order chi connectivity index (χ0) is 20.7. The molecule has 2 rings (SSSR count). The number of nitrogens with one attached hydrogen (secondary N) is 1. The van der Waals surface area contributed by atoms with Crippen LogP contribution in [-0.4, -0.2) is 39.8 Å². The predicted octanol–water partition coefficient (Wildman–Crippen LogP) is 3.28. The van der Waals surface area contributed by atoms with E-state index in [1.165, 1.54) is 0 Å². The van der Waals surface area contributed by atoms with Crippen LogP contribution < -0.4 is 19.1 Å². The quantitative estimate of drug-likeness (QED) is 0.691. The molecule has 0 aliphatic carbocycles. The number of rotatable bonds is 9. The molecular formula is C20H26N2O5S. The van der Waals surface area contributed by atoms with E-state index in [0.29, 0.717) is 29.5 Å². The highest BCUT2D eigenvalue weighted by atomic mass is 32.2. The van der Waals surface area contributed by atoms with Crippen molar-refractivity contribution >= 4 is 27.3 Å². The van der Waals surface area contributed by atoms with E-state index in [-0.39, 0.29) is 12.6 Å². The van der Waals surface area contributed by atoms with Crippen molar-refractivity contribution in [3.05, 3.63) is 48.5 Å². The first kappa shape index (κ1) is 21.6. The lowest BCUT2D eigenvalue weighted by molar-refractivity contribution is -0.114. The molecular weight excluding hydrogens is 380 g/mol. The number of carbonyl (C=O) groups excluding carboxylic acids is 1. The molecule has 0 aliphatic heterocycles. The average molecular weight is 407 g/mol. The highest BCUT2D eigenvalue weighted by Crippen LogP contribution is 2.26. The third kappa shape index (κ3) is 6.16. The maximum Gasteiger partial charge on any atom is 0.245 e. The number of carbonyl (C=O) groups is 1. The fourth-order valence-corrected chi connectivity index (χ4v) is 3.40. The lowest BCUT2D eigenvalue weighted by Crippen LogP contribution is -2.37. The molecule has 0 radical (unpaired) electrons. The van der Waals surface area contributed by atoms with Crippen molar-refractivity contribution in [3.63, 3.8) is 0 Å². The second-order valence-electron chi connectivity index (χ2n) is 6.41. The average Bonchev–Trinajstić information content (AvgIpc) is 2.60. The second kappa shape index (κ2) is 9.45. The molecule has 0 bridgehead atoms. The smallest absolute Gasteiger partial charge is 0.245 e. The number of hydrogen-bond donors (Lipinski definition) is 1. The molecule has 1 N–H and O–H groups in total. The van der Waals surface area contributed by atoms with Gasteiger partial charge in [0, 0.05) is 6.07 Å². The van der Waals surface area contributed by atoms with Crippen molar-refractivity contribution in [2.45, 2.75) is 26.9 Å². The Kier molecular flexibility index (Phi) is 7.28. The Bertz CT molecular complexity index is 912. The zero-order valence-corrected chi connectivity index (χ0v) is 17.3. The monoisotopic (exact) mass is 406 g/mol. The Morgan fingerprint density at radius 3 is 2.50 bits per heavy atom. The Morgan fingerprint density at radius 1 is 1.14 bits per heavy atom. The van der Waals surface area contributed by atoms with E-state index in [4.69, 9.17) is 9.47 Å². The van der Waals surface area contributed by atoms with Gasteiger partial charge in [-0.05, 0) is 45.0 Å². The summed E-state index contributed by atoms with van der Waals surface area (Å²) < 4.78 is 36.8. The molecule has 0 saturated heterocycles. The van der Waals surface area contributed by atoms with E-state index >= 15 is 0 Å². The summed E-state index contributed by atoms with van der Waals surface area (Å²) in [7, 11) is -3.69. The summed E-state index contributed by atoms with van der Waals surface area (Å²) in [5, 5.41) is 2.71. The van der Waals surface area contributed by atoms with E-state index < -0.39 is 15.9 Å². The summed E-state index contributed by atoms with van der Waals surface area (Å²) in [5.74, 6) is 0.576. The molecule has 0 saturated carbocycles. The minimum Gasteiger partial charge on any atom is -0.492 e. The first-order chi connectivity index (χ1) is 13.2. The molecule has 0 aromatic heterocycles. The molecule has 2 aromatic carbocycles. The maximum absolute atomic E-state index is 12.6. The first-order valence-electron chi connectivity index (χ1n) is 8.96. The number of para-hydroxylation sites is 2. The van der Waals surface area contributed by atoms with Gasteiger partial charge >= 0.3 is 0 Å². The molecule has 7 nitrogen and oxygen atoms in total. The lowest BCUT2D eigenvalue weighted by Gasteiger charge is -2.23. The van der Waals surface area contributed by atoms with Gasteiger partial charge in [0.1, 0.15) is 18.0 Å². The van der Waals surface area contributed by atoms with Gasteiger partial charge in [-0.1, -0.05) is 18.2 Å². The molecule has 0 fully saturated rings. The van der Waals surface area contributed by atoms with Crippen molar-refractivity contribution in [2.75, 3.05) is 29.0 Å². The molecule has 1 amide bonds. The number of sulfonamides is 1. The van der Waals surface area contributed by atoms with Gasteiger partial charge in [-0.3, -0.25) is 9.10 Å². The van der Waals surface area contributed by atoms with Crippen LogP contribution >= 0.6 is 0 Å². The number of hydrogen-bond acceptors (Lipinski definition) is 5. The van der Waals surface area contributed by atoms with Crippen molar-refractivity contribution in [1.29, 1.82) is 0 Å². The van der Waals surface area contributed by atoms with Crippen LogP contribution in [0, 0.1) is 0 Å². The van der Waals surface area contributed by atoms with Crippen LogP contribution in [0.2, 0.25) is 0 Å². The normalized spacial score (nSPS) is 11.2. The van der Waals surface area contributed by atoms with Crippen LogP contribution in [0.15, 0.2) is 48.5 Å². The number of benzene rings is 2. The molecule has 8 heteroatoms. The number of amides is 1. The van der Waals surface area contributed by atoms with E-state index in [1.54, 1.807) is 48.5 Å². The van der Waals surface area contributed by atoms with Crippen molar-refractivity contribution in [2.24, 2.45) is 0 Å². The van der Waals surface area contributed by atoms with Crippen LogP contribution in [0.5, 0.6) is 11.5 Å². The predicted molar refractivity (Wildman–Crippen MR) is 111 cm³/mol. The molecule has 0 heterocycles. The van der Waals surface area contributed by atoms with Crippen molar-refractivity contribution < 1.29 is 22.7 Å². The van der Waals surface area contributed by atoms with Gasteiger partial charge in [0.2, 0.25) is 15.9 Å². The Hall–Kier alpha value is -2.74. The number of nitrogens with zero attached hydrogens (tertiary/aromatic N) is 1. The van der Waals surface area contributed by atoms with E-state index in [2.05, 4.69) is 5.32 Å². The Morgan fingerprint density at radius 2 is 1.86 bits per heavy atom. The van der Waals surface area contributed by atoms with Crippen LogP contribution in [-0.2, 0) is 14.8 Å². The van der Waals surface area contributed by atoms with E-state index in [0.717, 1.165) is 10.6 Å². The largest absolute Gasteiger partial charge is 0.492 e. The van der Waals surface area contributed by atoms with Crippen molar-refractivity contribution in [1.82, 2.24) is 0 Å². The van der Waals surface area contributed by atoms with Crippen LogP contribution in [0.4, 0.5) is 11.4 Å². The van der Waals surface area contributed by atoms with Gasteiger partial charge in [0.25, 0.3) is 0 Å². The maximum atomic E-state index is 12.6. The fraction of sp³-hybridized carbons (Fsp3) is 0.350. The topological polar surface area (TPSA) is 84.9 Å². The molecule has 2 aromatic rings. The SMILES string of the molecule is CCOc1ccccc1NC(=O)CN(c1cccc(OC(C)C)c1)S(C)(=O)=O. The van der Waals surface area contributed by atoms with Gasteiger partial charge in [0.15, 0.2) is 0 Å². The summed E-state index contributed by atoms with van der Waals surface area (Å²) >= 11 is 0. The summed E-state index contributed by atoms with van der Waals surface area (Å²) in [6.45, 7) is 5.68. The first-order valence-corrected chi connectivity index (χ1v) is 10.8. The summed E-state index contributed by atoms with van der Waals surface area (Å²) in [5.41, 5.74) is 0.841. The minimum absolute atomic E-state index is 0.0553.